The SMILES string of the molecule is CCCCONc1ncncc1C(=O)OCC. The van der Waals surface area contributed by atoms with Crippen molar-refractivity contribution in [3.8, 4) is 0 Å². The number of nitrogens with zero attached hydrogens (tertiary/aromatic N) is 2. The predicted octanol–water partition coefficient (Wildman–Crippen LogP) is 1.80. The summed E-state index contributed by atoms with van der Waals surface area (Å²) < 4.78 is 4.88. The Labute approximate surface area is 100 Å². The molecule has 17 heavy (non-hydrogen) atoms. The highest BCUT2D eigenvalue weighted by Gasteiger charge is 2.13. The fraction of sp³-hybridized carbons (Fsp3) is 0.545. The zero-order valence-electron chi connectivity index (χ0n) is 10.1. The molecule has 94 valence electrons. The topological polar surface area (TPSA) is 73.3 Å². The third-order valence-electron chi connectivity index (χ3n) is 1.98. The molecule has 1 aromatic rings. The quantitative estimate of drug-likeness (QED) is 0.444. The second kappa shape index (κ2) is 7.56. The number of carbonyl (C=O) groups is 1. The molecule has 1 heterocycles. The van der Waals surface area contributed by atoms with E-state index >= 15 is 0 Å². The summed E-state index contributed by atoms with van der Waals surface area (Å²) in [6.45, 7) is 4.68. The zero-order chi connectivity index (χ0) is 12.5. The molecule has 0 spiro atoms. The molecular weight excluding hydrogens is 222 g/mol. The molecule has 0 amide bonds. The number of hydrogen-bond donors (Lipinski definition) is 1. The first-order chi connectivity index (χ1) is 8.29. The van der Waals surface area contributed by atoms with E-state index in [2.05, 4.69) is 22.4 Å². The van der Waals surface area contributed by atoms with E-state index in [4.69, 9.17) is 9.57 Å². The van der Waals surface area contributed by atoms with Gasteiger partial charge < -0.3 is 4.74 Å². The number of ether oxygens (including phenoxy) is 1. The summed E-state index contributed by atoms with van der Waals surface area (Å²) >= 11 is 0. The predicted molar refractivity (Wildman–Crippen MR) is 62.5 cm³/mol. The van der Waals surface area contributed by atoms with Crippen LogP contribution in [0.2, 0.25) is 0 Å². The molecule has 0 fully saturated rings. The van der Waals surface area contributed by atoms with Gasteiger partial charge in [-0.05, 0) is 13.3 Å². The van der Waals surface area contributed by atoms with E-state index in [9.17, 15) is 4.79 Å². The molecule has 0 saturated carbocycles. The van der Waals surface area contributed by atoms with Crippen LogP contribution in [-0.2, 0) is 9.57 Å². The Morgan fingerprint density at radius 1 is 1.47 bits per heavy atom. The molecular formula is C11H17N3O3. The Morgan fingerprint density at radius 2 is 2.29 bits per heavy atom. The van der Waals surface area contributed by atoms with Crippen molar-refractivity contribution in [1.82, 2.24) is 9.97 Å². The number of carbonyl (C=O) groups excluding carboxylic acids is 1. The average molecular weight is 239 g/mol. The van der Waals surface area contributed by atoms with E-state index in [0.717, 1.165) is 12.8 Å². The summed E-state index contributed by atoms with van der Waals surface area (Å²) in [7, 11) is 0. The monoisotopic (exact) mass is 239 g/mol. The molecule has 6 heteroatoms. The standard InChI is InChI=1S/C11H17N3O3/c1-3-5-6-17-14-10-9(7-12-8-13-10)11(15)16-4-2/h7-8H,3-6H2,1-2H3,(H,12,13,14). The van der Waals surface area contributed by atoms with Crippen LogP contribution in [0.1, 0.15) is 37.0 Å². The van der Waals surface area contributed by atoms with Crippen LogP contribution >= 0.6 is 0 Å². The Morgan fingerprint density at radius 3 is 3.00 bits per heavy atom. The van der Waals surface area contributed by atoms with Crippen LogP contribution in [0.4, 0.5) is 5.82 Å². The number of unbranched alkanes of at least 4 members (excludes halogenated alkanes) is 1. The van der Waals surface area contributed by atoms with Crippen molar-refractivity contribution < 1.29 is 14.4 Å². The summed E-state index contributed by atoms with van der Waals surface area (Å²) in [5.41, 5.74) is 2.90. The van der Waals surface area contributed by atoms with Crippen LogP contribution in [0.15, 0.2) is 12.5 Å². The van der Waals surface area contributed by atoms with Crippen LogP contribution in [0, 0.1) is 0 Å². The molecule has 0 atom stereocenters. The van der Waals surface area contributed by atoms with E-state index < -0.39 is 5.97 Å². The van der Waals surface area contributed by atoms with Gasteiger partial charge in [0.25, 0.3) is 0 Å². The maximum atomic E-state index is 11.6. The van der Waals surface area contributed by atoms with Gasteiger partial charge in [-0.2, -0.15) is 0 Å². The minimum Gasteiger partial charge on any atom is -0.462 e. The van der Waals surface area contributed by atoms with Gasteiger partial charge in [0.05, 0.1) is 13.2 Å². The van der Waals surface area contributed by atoms with Crippen molar-refractivity contribution >= 4 is 11.8 Å². The number of hydrogen-bond acceptors (Lipinski definition) is 6. The van der Waals surface area contributed by atoms with E-state index in [0.29, 0.717) is 19.0 Å². The minimum atomic E-state index is -0.463. The maximum absolute atomic E-state index is 11.6. The molecule has 0 bridgehead atoms. The van der Waals surface area contributed by atoms with Gasteiger partial charge in [0.2, 0.25) is 0 Å². The summed E-state index contributed by atoms with van der Waals surface area (Å²) in [6, 6.07) is 0. The molecule has 0 aliphatic rings. The molecule has 0 radical (unpaired) electrons. The molecule has 1 aromatic heterocycles. The van der Waals surface area contributed by atoms with Crippen molar-refractivity contribution in [3.05, 3.63) is 18.1 Å². The minimum absolute atomic E-state index is 0.269. The van der Waals surface area contributed by atoms with Gasteiger partial charge in [-0.1, -0.05) is 13.3 Å². The first kappa shape index (κ1) is 13.4. The molecule has 0 unspecified atom stereocenters. The van der Waals surface area contributed by atoms with Crippen LogP contribution in [0.5, 0.6) is 0 Å². The molecule has 0 saturated heterocycles. The summed E-state index contributed by atoms with van der Waals surface area (Å²) in [4.78, 5) is 24.5. The summed E-state index contributed by atoms with van der Waals surface area (Å²) in [5.74, 6) is -0.135. The van der Waals surface area contributed by atoms with E-state index in [1.807, 2.05) is 0 Å². The number of aromatic nitrogens is 2. The van der Waals surface area contributed by atoms with Crippen molar-refractivity contribution in [3.63, 3.8) is 0 Å². The number of esters is 1. The third-order valence-corrected chi connectivity index (χ3v) is 1.98. The summed E-state index contributed by atoms with van der Waals surface area (Å²) in [5, 5.41) is 0. The normalized spacial score (nSPS) is 10.0. The molecule has 0 aliphatic heterocycles. The van der Waals surface area contributed by atoms with E-state index in [1.54, 1.807) is 6.92 Å². The first-order valence-corrected chi connectivity index (χ1v) is 5.64. The highest BCUT2D eigenvalue weighted by atomic mass is 16.6. The van der Waals surface area contributed by atoms with Crippen molar-refractivity contribution in [1.29, 1.82) is 0 Å². The lowest BCUT2D eigenvalue weighted by Crippen LogP contribution is -2.12. The van der Waals surface area contributed by atoms with E-state index in [-0.39, 0.29) is 5.56 Å². The smallest absolute Gasteiger partial charge is 0.343 e. The fourth-order valence-electron chi connectivity index (χ4n) is 1.11. The first-order valence-electron chi connectivity index (χ1n) is 5.64. The lowest BCUT2D eigenvalue weighted by molar-refractivity contribution is 0.0525. The van der Waals surface area contributed by atoms with Crippen molar-refractivity contribution in [2.24, 2.45) is 0 Å². The summed E-state index contributed by atoms with van der Waals surface area (Å²) in [6.07, 6.45) is 4.72. The Hall–Kier alpha value is -1.69. The van der Waals surface area contributed by atoms with Crippen LogP contribution in [-0.4, -0.2) is 29.2 Å². The van der Waals surface area contributed by atoms with Gasteiger partial charge in [-0.25, -0.2) is 20.2 Å². The second-order valence-electron chi connectivity index (χ2n) is 3.31. The van der Waals surface area contributed by atoms with Gasteiger partial charge >= 0.3 is 5.97 Å². The third kappa shape index (κ3) is 4.36. The lowest BCUT2D eigenvalue weighted by Gasteiger charge is -2.09. The Kier molecular flexibility index (Phi) is 5.95. The zero-order valence-corrected chi connectivity index (χ0v) is 10.1. The van der Waals surface area contributed by atoms with Gasteiger partial charge in [-0.3, -0.25) is 4.84 Å². The van der Waals surface area contributed by atoms with Crippen LogP contribution < -0.4 is 5.48 Å². The fourth-order valence-corrected chi connectivity index (χ4v) is 1.11. The highest BCUT2D eigenvalue weighted by molar-refractivity contribution is 5.93. The Balaban J connectivity index is 2.61. The highest BCUT2D eigenvalue weighted by Crippen LogP contribution is 2.11. The van der Waals surface area contributed by atoms with Crippen LogP contribution in [0.3, 0.4) is 0 Å². The van der Waals surface area contributed by atoms with Crippen molar-refractivity contribution in [2.75, 3.05) is 18.7 Å². The van der Waals surface area contributed by atoms with Gasteiger partial charge in [0, 0.05) is 6.20 Å². The Bertz CT molecular complexity index is 358. The second-order valence-corrected chi connectivity index (χ2v) is 3.31. The molecule has 1 N–H and O–H groups in total. The number of nitrogens with one attached hydrogen (secondary N) is 1. The number of anilines is 1. The molecule has 1 rings (SSSR count). The van der Waals surface area contributed by atoms with E-state index in [1.165, 1.54) is 12.5 Å². The van der Waals surface area contributed by atoms with Gasteiger partial charge in [-0.15, -0.1) is 0 Å². The molecule has 0 aromatic carbocycles. The molecule has 0 aliphatic carbocycles. The van der Waals surface area contributed by atoms with Crippen LogP contribution in [0.25, 0.3) is 0 Å². The van der Waals surface area contributed by atoms with Crippen molar-refractivity contribution in [2.45, 2.75) is 26.7 Å². The largest absolute Gasteiger partial charge is 0.462 e. The maximum Gasteiger partial charge on any atom is 0.343 e. The lowest BCUT2D eigenvalue weighted by atomic mass is 10.3. The van der Waals surface area contributed by atoms with Gasteiger partial charge in [0.1, 0.15) is 11.9 Å². The molecule has 6 nitrogen and oxygen atoms in total. The number of rotatable bonds is 7. The average Bonchev–Trinajstić information content (AvgIpc) is 2.35. The van der Waals surface area contributed by atoms with Gasteiger partial charge in [0.15, 0.2) is 5.82 Å².